The Kier molecular flexibility index (Phi) is 3.96. The molecule has 2 nitrogen and oxygen atoms in total. The lowest BCUT2D eigenvalue weighted by Crippen LogP contribution is -2.42. The lowest BCUT2D eigenvalue weighted by Gasteiger charge is -2.37. The van der Waals surface area contributed by atoms with E-state index in [0.717, 1.165) is 18.9 Å². The molecule has 0 aromatic heterocycles. The summed E-state index contributed by atoms with van der Waals surface area (Å²) in [6.07, 6.45) is 3.51. The molecule has 1 rings (SSSR count). The molecule has 2 heteroatoms. The van der Waals surface area contributed by atoms with Gasteiger partial charge in [0.15, 0.2) is 0 Å². The molecule has 14 heavy (non-hydrogen) atoms. The van der Waals surface area contributed by atoms with Gasteiger partial charge in [-0.15, -0.1) is 0 Å². The number of piperidine rings is 1. The van der Waals surface area contributed by atoms with Crippen molar-refractivity contribution in [1.82, 2.24) is 4.90 Å². The second-order valence-corrected chi connectivity index (χ2v) is 5.58. The number of rotatable bonds is 3. The summed E-state index contributed by atoms with van der Waals surface area (Å²) in [6.45, 7) is 10.7. The van der Waals surface area contributed by atoms with E-state index >= 15 is 0 Å². The van der Waals surface area contributed by atoms with Gasteiger partial charge >= 0.3 is 0 Å². The van der Waals surface area contributed by atoms with Crippen molar-refractivity contribution in [2.24, 2.45) is 5.92 Å². The van der Waals surface area contributed by atoms with Crippen LogP contribution in [0.4, 0.5) is 0 Å². The summed E-state index contributed by atoms with van der Waals surface area (Å²) in [7, 11) is 0. The topological polar surface area (TPSA) is 23.5 Å². The summed E-state index contributed by atoms with van der Waals surface area (Å²) in [5.41, 5.74) is -0.511. The molecule has 0 spiro atoms. The lowest BCUT2D eigenvalue weighted by molar-refractivity contribution is 0.0417. The molecular weight excluding hydrogens is 174 g/mol. The zero-order valence-electron chi connectivity index (χ0n) is 10.1. The van der Waals surface area contributed by atoms with E-state index in [2.05, 4.69) is 18.7 Å². The van der Waals surface area contributed by atoms with E-state index in [1.807, 2.05) is 13.8 Å². The summed E-state index contributed by atoms with van der Waals surface area (Å²) in [4.78, 5) is 2.51. The molecule has 0 bridgehead atoms. The zero-order chi connectivity index (χ0) is 10.8. The lowest BCUT2D eigenvalue weighted by atomic mass is 9.92. The van der Waals surface area contributed by atoms with Gasteiger partial charge in [0.1, 0.15) is 0 Å². The highest BCUT2D eigenvalue weighted by Crippen LogP contribution is 2.23. The Bertz CT molecular complexity index is 174. The molecule has 1 N–H and O–H groups in total. The fourth-order valence-electron chi connectivity index (χ4n) is 2.21. The second kappa shape index (κ2) is 4.63. The monoisotopic (exact) mass is 199 g/mol. The van der Waals surface area contributed by atoms with E-state index in [1.165, 1.54) is 19.4 Å². The molecular formula is C12H25NO. The van der Waals surface area contributed by atoms with Gasteiger partial charge in [0, 0.05) is 12.6 Å². The van der Waals surface area contributed by atoms with E-state index in [0.29, 0.717) is 6.04 Å². The van der Waals surface area contributed by atoms with Crippen LogP contribution in [0.3, 0.4) is 0 Å². The highest BCUT2D eigenvalue weighted by atomic mass is 16.3. The Balaban J connectivity index is 2.31. The predicted molar refractivity (Wildman–Crippen MR) is 60.3 cm³/mol. The minimum atomic E-state index is -0.511. The number of aliphatic hydroxyl groups is 1. The van der Waals surface area contributed by atoms with Crippen LogP contribution in [-0.2, 0) is 0 Å². The van der Waals surface area contributed by atoms with Gasteiger partial charge < -0.3 is 10.0 Å². The SMILES string of the molecule is CC1CCN(CCC(C)(C)O)C(C)C1. The van der Waals surface area contributed by atoms with Crippen LogP contribution in [0.15, 0.2) is 0 Å². The fourth-order valence-corrected chi connectivity index (χ4v) is 2.21. The van der Waals surface area contributed by atoms with Gasteiger partial charge in [0.2, 0.25) is 0 Å². The molecule has 0 aromatic carbocycles. The van der Waals surface area contributed by atoms with Crippen LogP contribution in [0.2, 0.25) is 0 Å². The summed E-state index contributed by atoms with van der Waals surface area (Å²) >= 11 is 0. The molecule has 1 aliphatic rings. The van der Waals surface area contributed by atoms with Crippen molar-refractivity contribution in [1.29, 1.82) is 0 Å². The van der Waals surface area contributed by atoms with Crippen molar-refractivity contribution >= 4 is 0 Å². The standard InChI is InChI=1S/C12H25NO/c1-10-5-7-13(11(2)9-10)8-6-12(3,4)14/h10-11,14H,5-9H2,1-4H3. The molecule has 0 radical (unpaired) electrons. The van der Waals surface area contributed by atoms with Crippen LogP contribution in [-0.4, -0.2) is 34.7 Å². The molecule has 0 amide bonds. The van der Waals surface area contributed by atoms with E-state index < -0.39 is 5.60 Å². The van der Waals surface area contributed by atoms with Crippen molar-refractivity contribution in [3.8, 4) is 0 Å². The third kappa shape index (κ3) is 3.97. The Morgan fingerprint density at radius 3 is 2.50 bits per heavy atom. The minimum Gasteiger partial charge on any atom is -0.390 e. The van der Waals surface area contributed by atoms with Crippen molar-refractivity contribution in [3.63, 3.8) is 0 Å². The number of nitrogens with zero attached hydrogens (tertiary/aromatic N) is 1. The first-order valence-electron chi connectivity index (χ1n) is 5.85. The smallest absolute Gasteiger partial charge is 0.0603 e. The van der Waals surface area contributed by atoms with Gasteiger partial charge in [0.25, 0.3) is 0 Å². The summed E-state index contributed by atoms with van der Waals surface area (Å²) in [5, 5.41) is 9.66. The maximum Gasteiger partial charge on any atom is 0.0603 e. The van der Waals surface area contributed by atoms with Crippen LogP contribution in [0.1, 0.15) is 47.0 Å². The first-order valence-corrected chi connectivity index (χ1v) is 5.85. The first kappa shape index (κ1) is 12.0. The Morgan fingerprint density at radius 1 is 1.36 bits per heavy atom. The maximum absolute atomic E-state index is 9.66. The maximum atomic E-state index is 9.66. The van der Waals surface area contributed by atoms with Gasteiger partial charge in [-0.05, 0) is 52.5 Å². The van der Waals surface area contributed by atoms with Crippen LogP contribution in [0, 0.1) is 5.92 Å². The van der Waals surface area contributed by atoms with Gasteiger partial charge in [-0.1, -0.05) is 6.92 Å². The minimum absolute atomic E-state index is 0.511. The van der Waals surface area contributed by atoms with E-state index in [1.54, 1.807) is 0 Å². The van der Waals surface area contributed by atoms with Crippen molar-refractivity contribution in [2.75, 3.05) is 13.1 Å². The molecule has 1 heterocycles. The van der Waals surface area contributed by atoms with Crippen LogP contribution in [0.25, 0.3) is 0 Å². The van der Waals surface area contributed by atoms with E-state index in [9.17, 15) is 5.11 Å². The third-order valence-corrected chi connectivity index (χ3v) is 3.29. The first-order chi connectivity index (χ1) is 6.38. The third-order valence-electron chi connectivity index (χ3n) is 3.29. The quantitative estimate of drug-likeness (QED) is 0.753. The Hall–Kier alpha value is -0.0800. The summed E-state index contributed by atoms with van der Waals surface area (Å²) < 4.78 is 0. The molecule has 1 fully saturated rings. The van der Waals surface area contributed by atoms with Crippen molar-refractivity contribution in [2.45, 2.75) is 58.6 Å². The van der Waals surface area contributed by atoms with Gasteiger partial charge in [-0.2, -0.15) is 0 Å². The predicted octanol–water partition coefficient (Wildman–Crippen LogP) is 2.27. The van der Waals surface area contributed by atoms with Crippen molar-refractivity contribution in [3.05, 3.63) is 0 Å². The van der Waals surface area contributed by atoms with Crippen LogP contribution in [0.5, 0.6) is 0 Å². The van der Waals surface area contributed by atoms with Crippen molar-refractivity contribution < 1.29 is 5.11 Å². The molecule has 2 atom stereocenters. The van der Waals surface area contributed by atoms with Crippen LogP contribution >= 0.6 is 0 Å². The molecule has 2 unspecified atom stereocenters. The fraction of sp³-hybridized carbons (Fsp3) is 1.00. The highest BCUT2D eigenvalue weighted by molar-refractivity contribution is 4.78. The molecule has 0 saturated carbocycles. The largest absolute Gasteiger partial charge is 0.390 e. The molecule has 84 valence electrons. The van der Waals surface area contributed by atoms with Gasteiger partial charge in [-0.3, -0.25) is 0 Å². The normalized spacial score (nSPS) is 30.6. The van der Waals surface area contributed by atoms with Gasteiger partial charge in [0.05, 0.1) is 5.60 Å². The molecule has 1 saturated heterocycles. The Morgan fingerprint density at radius 2 is 2.00 bits per heavy atom. The average molecular weight is 199 g/mol. The Labute approximate surface area is 88.3 Å². The average Bonchev–Trinajstić information content (AvgIpc) is 2.00. The van der Waals surface area contributed by atoms with E-state index in [4.69, 9.17) is 0 Å². The number of hydrogen-bond acceptors (Lipinski definition) is 2. The van der Waals surface area contributed by atoms with Gasteiger partial charge in [-0.25, -0.2) is 0 Å². The summed E-state index contributed by atoms with van der Waals surface area (Å²) in [5.74, 6) is 0.878. The molecule has 1 aliphatic heterocycles. The molecule has 0 aromatic rings. The van der Waals surface area contributed by atoms with Crippen LogP contribution < -0.4 is 0 Å². The summed E-state index contributed by atoms with van der Waals surface area (Å²) in [6, 6.07) is 0.695. The zero-order valence-corrected chi connectivity index (χ0v) is 10.1. The number of likely N-dealkylation sites (tertiary alicyclic amines) is 1. The number of hydrogen-bond donors (Lipinski definition) is 1. The highest BCUT2D eigenvalue weighted by Gasteiger charge is 2.24. The molecule has 0 aliphatic carbocycles. The second-order valence-electron chi connectivity index (χ2n) is 5.58. The van der Waals surface area contributed by atoms with E-state index in [-0.39, 0.29) is 0 Å².